The van der Waals surface area contributed by atoms with Crippen molar-refractivity contribution in [3.8, 4) is 5.75 Å². The molecule has 0 aliphatic carbocycles. The Kier molecular flexibility index (Phi) is 1.91. The van der Waals surface area contributed by atoms with Crippen LogP contribution in [0.25, 0.3) is 0 Å². The van der Waals surface area contributed by atoms with E-state index in [9.17, 15) is 0 Å². The fourth-order valence-electron chi connectivity index (χ4n) is 1.70. The fourth-order valence-corrected chi connectivity index (χ4v) is 6.43. The summed E-state index contributed by atoms with van der Waals surface area (Å²) in [7, 11) is 0. The summed E-state index contributed by atoms with van der Waals surface area (Å²) in [6, 6.07) is 8.53. The number of fused-ring (bicyclic) bond motifs is 1. The second-order valence-electron chi connectivity index (χ2n) is 3.98. The zero-order valence-corrected chi connectivity index (χ0v) is 9.73. The van der Waals surface area contributed by atoms with Crippen LogP contribution in [0, 0.1) is 0 Å². The molecule has 0 aromatic heterocycles. The van der Waals surface area contributed by atoms with Crippen LogP contribution < -0.4 is 9.13 Å². The average Bonchev–Trinajstić information content (AvgIpc) is 2.04. The van der Waals surface area contributed by atoms with Crippen molar-refractivity contribution >= 4 is 17.7 Å². The monoisotopic (exact) mass is 224 g/mol. The normalized spacial score (nSPS) is 19.5. The van der Waals surface area contributed by atoms with Gasteiger partial charge in [-0.1, -0.05) is 0 Å². The Labute approximate surface area is 76.1 Å². The van der Waals surface area contributed by atoms with Gasteiger partial charge in [0.15, 0.2) is 0 Å². The zero-order valence-electron chi connectivity index (χ0n) is 7.63. The van der Waals surface area contributed by atoms with Crippen molar-refractivity contribution in [3.63, 3.8) is 0 Å². The maximum absolute atomic E-state index is 5.61. The van der Waals surface area contributed by atoms with Gasteiger partial charge in [-0.15, -0.1) is 0 Å². The van der Waals surface area contributed by atoms with Gasteiger partial charge in [0.1, 0.15) is 0 Å². The van der Waals surface area contributed by atoms with Crippen molar-refractivity contribution in [2.75, 3.05) is 6.61 Å². The van der Waals surface area contributed by atoms with Gasteiger partial charge in [-0.2, -0.15) is 0 Å². The molecule has 0 bridgehead atoms. The van der Waals surface area contributed by atoms with Crippen LogP contribution in [0.3, 0.4) is 0 Å². The second kappa shape index (κ2) is 2.80. The van der Waals surface area contributed by atoms with E-state index in [1.165, 1.54) is 9.65 Å². The number of ether oxygens (including phenoxy) is 1. The molecular formula is C10H14GeO. The molecule has 0 saturated carbocycles. The Morgan fingerprint density at radius 1 is 1.25 bits per heavy atom. The van der Waals surface area contributed by atoms with E-state index in [-0.39, 0.29) is 0 Å². The first-order chi connectivity index (χ1) is 5.70. The minimum absolute atomic E-state index is 0.935. The summed E-state index contributed by atoms with van der Waals surface area (Å²) < 4.78 is 7.14. The van der Waals surface area contributed by atoms with Crippen LogP contribution in [0.4, 0.5) is 0 Å². The number of hydrogen-bond donors (Lipinski definition) is 0. The Hall–Kier alpha value is -0.437. The van der Waals surface area contributed by atoms with Crippen molar-refractivity contribution in [2.24, 2.45) is 0 Å². The van der Waals surface area contributed by atoms with E-state index in [1.807, 2.05) is 0 Å². The molecule has 2 heteroatoms. The van der Waals surface area contributed by atoms with Gasteiger partial charge in [0, 0.05) is 0 Å². The van der Waals surface area contributed by atoms with Gasteiger partial charge in [-0.25, -0.2) is 0 Å². The van der Waals surface area contributed by atoms with Crippen LogP contribution in [-0.2, 0) is 0 Å². The van der Waals surface area contributed by atoms with E-state index in [0.717, 1.165) is 12.4 Å². The molecule has 0 fully saturated rings. The molecule has 1 nitrogen and oxygen atoms in total. The third kappa shape index (κ3) is 1.26. The van der Waals surface area contributed by atoms with Crippen molar-refractivity contribution in [1.82, 2.24) is 0 Å². The number of para-hydroxylation sites is 1. The molecule has 0 atom stereocenters. The number of hydrogen-bond acceptors (Lipinski definition) is 1. The summed E-state index contributed by atoms with van der Waals surface area (Å²) in [6.07, 6.45) is 0. The Morgan fingerprint density at radius 2 is 2.00 bits per heavy atom. The zero-order chi connectivity index (χ0) is 8.60. The molecule has 1 aliphatic heterocycles. The summed E-state index contributed by atoms with van der Waals surface area (Å²) in [4.78, 5) is 0. The first-order valence-corrected chi connectivity index (χ1v) is 11.2. The first kappa shape index (κ1) is 8.17. The van der Waals surface area contributed by atoms with E-state index >= 15 is 0 Å². The second-order valence-corrected chi connectivity index (χ2v) is 14.1. The fraction of sp³-hybridized carbons (Fsp3) is 0.400. The van der Waals surface area contributed by atoms with Gasteiger partial charge >= 0.3 is 75.8 Å². The van der Waals surface area contributed by atoms with E-state index in [0.29, 0.717) is 0 Å². The van der Waals surface area contributed by atoms with Crippen LogP contribution in [0.15, 0.2) is 24.3 Å². The van der Waals surface area contributed by atoms with Gasteiger partial charge in [0.2, 0.25) is 0 Å². The molecule has 0 unspecified atom stereocenters. The Bertz CT molecular complexity index is 294. The summed E-state index contributed by atoms with van der Waals surface area (Å²) in [6.45, 7) is 0.935. The molecule has 1 aromatic rings. The molecule has 0 N–H and O–H groups in total. The molecule has 0 amide bonds. The summed E-state index contributed by atoms with van der Waals surface area (Å²) in [5.74, 6) is 6.07. The summed E-state index contributed by atoms with van der Waals surface area (Å²) >= 11 is -1.63. The van der Waals surface area contributed by atoms with Crippen LogP contribution in [0.2, 0.25) is 16.8 Å². The molecule has 1 heterocycles. The maximum atomic E-state index is 5.61. The topological polar surface area (TPSA) is 9.23 Å². The quantitative estimate of drug-likeness (QED) is 0.611. The van der Waals surface area contributed by atoms with Gasteiger partial charge in [0.05, 0.1) is 0 Å². The minimum atomic E-state index is -1.63. The van der Waals surface area contributed by atoms with Crippen LogP contribution >= 0.6 is 0 Å². The van der Waals surface area contributed by atoms with E-state index < -0.39 is 13.3 Å². The summed E-state index contributed by atoms with van der Waals surface area (Å²) in [5, 5.41) is 1.30. The predicted octanol–water partition coefficient (Wildman–Crippen LogP) is 1.99. The molecule has 0 saturated heterocycles. The number of rotatable bonds is 0. The molecule has 1 aliphatic rings. The Balaban J connectivity index is 2.52. The predicted molar refractivity (Wildman–Crippen MR) is 53.9 cm³/mol. The SMILES string of the molecule is [CH3][Ge]1([CH3])[CH2]COc2cccc[c]21. The van der Waals surface area contributed by atoms with Gasteiger partial charge < -0.3 is 0 Å². The molecule has 1 aromatic carbocycles. The standard InChI is InChI=1S/C10H14GeO/c1-11(2)7-8-12-10-6-4-3-5-9(10)11/h3-6H,7-8H2,1-2H3. The Morgan fingerprint density at radius 3 is 2.75 bits per heavy atom. The van der Waals surface area contributed by atoms with Crippen molar-refractivity contribution in [1.29, 1.82) is 0 Å². The first-order valence-electron chi connectivity index (χ1n) is 4.42. The average molecular weight is 223 g/mol. The van der Waals surface area contributed by atoms with E-state index in [1.54, 1.807) is 0 Å². The molecule has 12 heavy (non-hydrogen) atoms. The van der Waals surface area contributed by atoms with Crippen LogP contribution in [-0.4, -0.2) is 19.9 Å². The molecular weight excluding hydrogens is 209 g/mol. The summed E-state index contributed by atoms with van der Waals surface area (Å²) in [5.41, 5.74) is 0. The van der Waals surface area contributed by atoms with Crippen molar-refractivity contribution in [2.45, 2.75) is 16.8 Å². The molecule has 2 rings (SSSR count). The third-order valence-corrected chi connectivity index (χ3v) is 9.58. The van der Waals surface area contributed by atoms with Gasteiger partial charge in [-0.05, 0) is 0 Å². The molecule has 0 spiro atoms. The van der Waals surface area contributed by atoms with Gasteiger partial charge in [0.25, 0.3) is 0 Å². The third-order valence-electron chi connectivity index (χ3n) is 2.60. The van der Waals surface area contributed by atoms with Crippen LogP contribution in [0.5, 0.6) is 5.75 Å². The molecule has 64 valence electrons. The van der Waals surface area contributed by atoms with Gasteiger partial charge in [-0.3, -0.25) is 0 Å². The molecule has 0 radical (unpaired) electrons. The van der Waals surface area contributed by atoms with E-state index in [4.69, 9.17) is 4.74 Å². The van der Waals surface area contributed by atoms with Crippen LogP contribution in [0.1, 0.15) is 0 Å². The van der Waals surface area contributed by atoms with Crippen molar-refractivity contribution in [3.05, 3.63) is 24.3 Å². The van der Waals surface area contributed by atoms with E-state index in [2.05, 4.69) is 35.8 Å². The van der Waals surface area contributed by atoms with Crippen molar-refractivity contribution < 1.29 is 4.74 Å². The number of benzene rings is 1.